The lowest BCUT2D eigenvalue weighted by Gasteiger charge is -2.09. The lowest BCUT2D eigenvalue weighted by atomic mass is 10.3. The van der Waals surface area contributed by atoms with E-state index in [0.717, 1.165) is 6.26 Å². The van der Waals surface area contributed by atoms with Gasteiger partial charge in [-0.05, 0) is 12.1 Å². The highest BCUT2D eigenvalue weighted by Gasteiger charge is 2.13. The Bertz CT molecular complexity index is 737. The third-order valence-electron chi connectivity index (χ3n) is 2.49. The molecule has 2 aromatic rings. The Labute approximate surface area is 120 Å². The summed E-state index contributed by atoms with van der Waals surface area (Å²) in [6, 6.07) is 6.54. The lowest BCUT2D eigenvalue weighted by molar-refractivity contribution is 0.0691. The number of rotatable bonds is 5. The Morgan fingerprint density at radius 3 is 2.70 bits per heavy atom. The van der Waals surface area contributed by atoms with Crippen molar-refractivity contribution in [1.29, 1.82) is 0 Å². The number of aromatic carboxylic acids is 1. The minimum atomic E-state index is -3.32. The molecule has 0 amide bonds. The van der Waals surface area contributed by atoms with Crippen molar-refractivity contribution in [3.8, 4) is 0 Å². The zero-order valence-corrected chi connectivity index (χ0v) is 12.2. The number of carboxylic acids is 1. The summed E-state index contributed by atoms with van der Waals surface area (Å²) in [4.78, 5) is 14.8. The highest BCUT2D eigenvalue weighted by atomic mass is 32.2. The van der Waals surface area contributed by atoms with Crippen molar-refractivity contribution in [1.82, 2.24) is 4.98 Å². The maximum absolute atomic E-state index is 11.6. The van der Waals surface area contributed by atoms with Gasteiger partial charge in [-0.15, -0.1) is 11.3 Å². The second-order valence-electron chi connectivity index (χ2n) is 4.05. The van der Waals surface area contributed by atoms with Crippen molar-refractivity contribution in [3.05, 3.63) is 40.3 Å². The van der Waals surface area contributed by atoms with E-state index in [9.17, 15) is 13.2 Å². The lowest BCUT2D eigenvalue weighted by Crippen LogP contribution is -2.06. The molecule has 0 spiro atoms. The summed E-state index contributed by atoms with van der Waals surface area (Å²) in [7, 11) is -3.32. The Balaban J connectivity index is 2.17. The Kier molecular flexibility index (Phi) is 4.05. The van der Waals surface area contributed by atoms with Crippen LogP contribution < -0.4 is 5.32 Å². The predicted octanol–water partition coefficient (Wildman–Crippen LogP) is 1.86. The van der Waals surface area contributed by atoms with Gasteiger partial charge in [0.1, 0.15) is 5.01 Å². The molecule has 0 radical (unpaired) electrons. The van der Waals surface area contributed by atoms with E-state index >= 15 is 0 Å². The van der Waals surface area contributed by atoms with Gasteiger partial charge in [-0.25, -0.2) is 18.2 Å². The molecule has 2 N–H and O–H groups in total. The van der Waals surface area contributed by atoms with Gasteiger partial charge in [-0.2, -0.15) is 0 Å². The molecule has 106 valence electrons. The summed E-state index contributed by atoms with van der Waals surface area (Å²) >= 11 is 1.21. The molecule has 0 saturated carbocycles. The van der Waals surface area contributed by atoms with Crippen LogP contribution in [0.25, 0.3) is 0 Å². The van der Waals surface area contributed by atoms with Crippen LogP contribution in [0.1, 0.15) is 15.5 Å². The number of carbonyl (C=O) groups is 1. The fraction of sp³-hybridized carbons (Fsp3) is 0.167. The Morgan fingerprint density at radius 1 is 1.40 bits per heavy atom. The van der Waals surface area contributed by atoms with Gasteiger partial charge in [0, 0.05) is 11.6 Å². The number of nitrogens with one attached hydrogen (secondary N) is 1. The molecule has 0 aliphatic rings. The smallest absolute Gasteiger partial charge is 0.355 e. The van der Waals surface area contributed by atoms with E-state index in [1.807, 2.05) is 0 Å². The number of carboxylic acid groups (broad SMARTS) is 1. The highest BCUT2D eigenvalue weighted by Crippen LogP contribution is 2.21. The molecular weight excluding hydrogens is 300 g/mol. The first-order chi connectivity index (χ1) is 9.38. The van der Waals surface area contributed by atoms with Gasteiger partial charge in [0.25, 0.3) is 0 Å². The number of benzene rings is 1. The second-order valence-corrected chi connectivity index (χ2v) is 6.98. The summed E-state index contributed by atoms with van der Waals surface area (Å²) in [5.74, 6) is -1.08. The average molecular weight is 312 g/mol. The zero-order chi connectivity index (χ0) is 14.8. The number of sulfone groups is 1. The van der Waals surface area contributed by atoms with E-state index in [-0.39, 0.29) is 17.1 Å². The number of nitrogens with zero attached hydrogens (tertiary/aromatic N) is 1. The van der Waals surface area contributed by atoms with Gasteiger partial charge in [-0.1, -0.05) is 12.1 Å². The normalized spacial score (nSPS) is 11.2. The third-order valence-corrected chi connectivity index (χ3v) is 4.49. The van der Waals surface area contributed by atoms with Gasteiger partial charge >= 0.3 is 5.97 Å². The van der Waals surface area contributed by atoms with Gasteiger partial charge < -0.3 is 10.4 Å². The molecule has 0 fully saturated rings. The highest BCUT2D eigenvalue weighted by molar-refractivity contribution is 7.90. The first-order valence-corrected chi connectivity index (χ1v) is 8.35. The molecule has 0 aliphatic heterocycles. The van der Waals surface area contributed by atoms with Gasteiger partial charge in [0.2, 0.25) is 0 Å². The van der Waals surface area contributed by atoms with Crippen LogP contribution in [0.2, 0.25) is 0 Å². The van der Waals surface area contributed by atoms with E-state index in [0.29, 0.717) is 10.7 Å². The predicted molar refractivity (Wildman–Crippen MR) is 76.0 cm³/mol. The van der Waals surface area contributed by atoms with Crippen LogP contribution in [0, 0.1) is 0 Å². The molecule has 1 aromatic heterocycles. The van der Waals surface area contributed by atoms with Crippen LogP contribution >= 0.6 is 11.3 Å². The summed E-state index contributed by atoms with van der Waals surface area (Å²) in [6.07, 6.45) is 1.14. The quantitative estimate of drug-likeness (QED) is 0.874. The molecule has 0 unspecified atom stereocenters. The summed E-state index contributed by atoms with van der Waals surface area (Å²) in [6.45, 7) is 0.268. The molecule has 0 atom stereocenters. The van der Waals surface area contributed by atoms with Crippen LogP contribution in [0.3, 0.4) is 0 Å². The average Bonchev–Trinajstić information content (AvgIpc) is 2.84. The molecule has 1 aromatic carbocycles. The topological polar surface area (TPSA) is 96.4 Å². The maximum Gasteiger partial charge on any atom is 0.355 e. The minimum Gasteiger partial charge on any atom is -0.476 e. The van der Waals surface area contributed by atoms with E-state index in [2.05, 4.69) is 10.3 Å². The van der Waals surface area contributed by atoms with Crippen molar-refractivity contribution in [3.63, 3.8) is 0 Å². The standard InChI is InChI=1S/C12H12N2O4S2/c1-20(17,18)10-5-3-2-4-8(10)13-6-11-14-9(7-19-11)12(15)16/h2-5,7,13H,6H2,1H3,(H,15,16). The molecule has 8 heteroatoms. The van der Waals surface area contributed by atoms with Crippen molar-refractivity contribution in [2.45, 2.75) is 11.4 Å². The van der Waals surface area contributed by atoms with Crippen LogP contribution in [0.5, 0.6) is 0 Å². The van der Waals surface area contributed by atoms with Crippen molar-refractivity contribution in [2.75, 3.05) is 11.6 Å². The number of hydrogen-bond donors (Lipinski definition) is 2. The minimum absolute atomic E-state index is 0.0109. The molecule has 2 rings (SSSR count). The number of anilines is 1. The molecule has 0 bridgehead atoms. The second kappa shape index (κ2) is 5.59. The number of thiazole rings is 1. The van der Waals surface area contributed by atoms with Gasteiger partial charge in [-0.3, -0.25) is 0 Å². The van der Waals surface area contributed by atoms with E-state index in [1.165, 1.54) is 22.8 Å². The molecule has 0 aliphatic carbocycles. The fourth-order valence-corrected chi connectivity index (χ4v) is 3.17. The largest absolute Gasteiger partial charge is 0.476 e. The number of aromatic nitrogens is 1. The van der Waals surface area contributed by atoms with E-state index in [4.69, 9.17) is 5.11 Å². The molecule has 1 heterocycles. The zero-order valence-electron chi connectivity index (χ0n) is 10.5. The van der Waals surface area contributed by atoms with E-state index < -0.39 is 15.8 Å². The molecule has 6 nitrogen and oxygen atoms in total. The third kappa shape index (κ3) is 3.34. The first-order valence-electron chi connectivity index (χ1n) is 5.58. The summed E-state index contributed by atoms with van der Waals surface area (Å²) in [5, 5.41) is 13.8. The molecular formula is C12H12N2O4S2. The maximum atomic E-state index is 11.6. The van der Waals surface area contributed by atoms with Crippen molar-refractivity contribution in [2.24, 2.45) is 0 Å². The first kappa shape index (κ1) is 14.5. The Morgan fingerprint density at radius 2 is 2.10 bits per heavy atom. The SMILES string of the molecule is CS(=O)(=O)c1ccccc1NCc1nc(C(=O)O)cs1. The van der Waals surface area contributed by atoms with Gasteiger partial charge in [0.15, 0.2) is 15.5 Å². The van der Waals surface area contributed by atoms with Gasteiger partial charge in [0.05, 0.1) is 17.1 Å². The molecule has 20 heavy (non-hydrogen) atoms. The number of hydrogen-bond acceptors (Lipinski definition) is 6. The monoisotopic (exact) mass is 312 g/mol. The summed E-state index contributed by atoms with van der Waals surface area (Å²) < 4.78 is 23.3. The van der Waals surface area contributed by atoms with Crippen LogP contribution in [-0.2, 0) is 16.4 Å². The summed E-state index contributed by atoms with van der Waals surface area (Å²) in [5.41, 5.74) is 0.463. The fourth-order valence-electron chi connectivity index (χ4n) is 1.60. The number of para-hydroxylation sites is 1. The molecule has 0 saturated heterocycles. The van der Waals surface area contributed by atoms with Crippen LogP contribution in [0.4, 0.5) is 5.69 Å². The van der Waals surface area contributed by atoms with Crippen molar-refractivity contribution >= 4 is 32.8 Å². The van der Waals surface area contributed by atoms with Crippen LogP contribution in [0.15, 0.2) is 34.5 Å². The van der Waals surface area contributed by atoms with Crippen molar-refractivity contribution < 1.29 is 18.3 Å². The van der Waals surface area contributed by atoms with Crippen LogP contribution in [-0.4, -0.2) is 30.7 Å². The Hall–Kier alpha value is -1.93. The van der Waals surface area contributed by atoms with E-state index in [1.54, 1.807) is 18.2 Å².